The summed E-state index contributed by atoms with van der Waals surface area (Å²) in [6, 6.07) is 60.2. The van der Waals surface area contributed by atoms with Crippen LogP contribution in [0.1, 0.15) is 33.4 Å². The molecule has 1 heterocycles. The predicted molar refractivity (Wildman–Crippen MR) is 220 cm³/mol. The van der Waals surface area contributed by atoms with E-state index in [4.69, 9.17) is 37.3 Å². The maximum absolute atomic E-state index is 6.92. The highest BCUT2D eigenvalue weighted by Crippen LogP contribution is 2.46. The van der Waals surface area contributed by atoms with Gasteiger partial charge in [-0.3, -0.25) is 4.52 Å². The molecule has 0 N–H and O–H groups in total. The lowest BCUT2D eigenvalue weighted by atomic mass is 9.98. The molecule has 0 bridgehead atoms. The van der Waals surface area contributed by atoms with Crippen molar-refractivity contribution in [2.45, 2.75) is 70.3 Å². The Morgan fingerprint density at radius 2 is 0.702 bits per heavy atom. The lowest BCUT2D eigenvalue weighted by molar-refractivity contribution is -0.311. The van der Waals surface area contributed by atoms with E-state index in [0.29, 0.717) is 19.8 Å². The summed E-state index contributed by atoms with van der Waals surface area (Å²) in [5.74, 6) is 0. The summed E-state index contributed by atoms with van der Waals surface area (Å²) in [4.78, 5) is 0. The van der Waals surface area contributed by atoms with Crippen molar-refractivity contribution in [2.75, 3.05) is 6.61 Å². The van der Waals surface area contributed by atoms with E-state index < -0.39 is 39.3 Å². The van der Waals surface area contributed by atoms with E-state index in [2.05, 4.69) is 0 Å². The zero-order valence-corrected chi connectivity index (χ0v) is 32.8. The second-order valence-corrected chi connectivity index (χ2v) is 14.8. The van der Waals surface area contributed by atoms with Crippen molar-refractivity contribution >= 4 is 8.60 Å². The third-order valence-electron chi connectivity index (χ3n) is 9.39. The second kappa shape index (κ2) is 22.4. The molecule has 0 aliphatic carbocycles. The molecule has 1 aliphatic rings. The third-order valence-corrected chi connectivity index (χ3v) is 10.4. The van der Waals surface area contributed by atoms with Gasteiger partial charge in [0.1, 0.15) is 24.4 Å². The van der Waals surface area contributed by atoms with Gasteiger partial charge in [0.2, 0.25) is 0 Å². The molecule has 7 rings (SSSR count). The fourth-order valence-electron chi connectivity index (χ4n) is 6.42. The van der Waals surface area contributed by atoms with Crippen molar-refractivity contribution in [1.82, 2.24) is 0 Å². The molecule has 0 aromatic heterocycles. The monoisotopic (exact) mass is 784 g/mol. The Bertz CT molecular complexity index is 1920. The Labute approximate surface area is 337 Å². The Balaban J connectivity index is 1.21. The molecule has 1 aliphatic heterocycles. The predicted octanol–water partition coefficient (Wildman–Crippen LogP) is 10.4. The molecule has 0 radical (unpaired) electrons. The molecular formula is C48H49O8P. The molecular weight excluding hydrogens is 735 g/mol. The molecule has 57 heavy (non-hydrogen) atoms. The molecule has 1 fully saturated rings. The van der Waals surface area contributed by atoms with Gasteiger partial charge >= 0.3 is 8.60 Å². The first kappa shape index (κ1) is 40.6. The number of ether oxygens (including phenoxy) is 5. The van der Waals surface area contributed by atoms with Crippen molar-refractivity contribution in [2.24, 2.45) is 0 Å². The van der Waals surface area contributed by atoms with Gasteiger partial charge in [-0.1, -0.05) is 182 Å². The number of hydrogen-bond acceptors (Lipinski definition) is 8. The molecule has 9 heteroatoms. The first-order chi connectivity index (χ1) is 28.3. The quantitative estimate of drug-likeness (QED) is 0.0668. The second-order valence-electron chi connectivity index (χ2n) is 13.7. The molecule has 5 atom stereocenters. The van der Waals surface area contributed by atoms with Crippen LogP contribution in [0.4, 0.5) is 0 Å². The fourth-order valence-corrected chi connectivity index (χ4v) is 7.46. The van der Waals surface area contributed by atoms with Crippen LogP contribution in [-0.2, 0) is 76.9 Å². The van der Waals surface area contributed by atoms with Gasteiger partial charge in [0, 0.05) is 0 Å². The van der Waals surface area contributed by atoms with Crippen LogP contribution in [0.3, 0.4) is 0 Å². The van der Waals surface area contributed by atoms with Crippen LogP contribution >= 0.6 is 8.60 Å². The maximum Gasteiger partial charge on any atom is 0.335 e. The molecule has 0 spiro atoms. The van der Waals surface area contributed by atoms with Crippen molar-refractivity contribution in [3.8, 4) is 0 Å². The van der Waals surface area contributed by atoms with Crippen LogP contribution in [0.15, 0.2) is 182 Å². The summed E-state index contributed by atoms with van der Waals surface area (Å²) >= 11 is 0. The van der Waals surface area contributed by atoms with E-state index >= 15 is 0 Å². The number of hydrogen-bond donors (Lipinski definition) is 0. The third kappa shape index (κ3) is 13.0. The molecule has 294 valence electrons. The Morgan fingerprint density at radius 1 is 0.368 bits per heavy atom. The highest BCUT2D eigenvalue weighted by Gasteiger charge is 2.50. The molecule has 0 saturated carbocycles. The molecule has 6 aromatic carbocycles. The fraction of sp³-hybridized carbons (Fsp3) is 0.250. The minimum absolute atomic E-state index is 0.207. The standard InChI is InChI=1S/C48H49O8P/c1-7-19-38(20-8-1)31-49-37-44-45(50-32-39-21-9-2-10-22-39)46(51-33-40-23-11-3-12-24-40)47(52-34-41-25-13-4-14-26-41)48(55-44)56-57(53-35-42-27-15-5-16-28-42)54-36-43-29-17-6-18-30-43/h1-30,44-48H,31-37H2/t44-,45-,46+,47+,48?/m1/s1. The van der Waals surface area contributed by atoms with Gasteiger partial charge in [-0.15, -0.1) is 0 Å². The zero-order valence-electron chi connectivity index (χ0n) is 31.9. The average molecular weight is 785 g/mol. The summed E-state index contributed by atoms with van der Waals surface area (Å²) in [5, 5.41) is 0. The van der Waals surface area contributed by atoms with Crippen LogP contribution in [0, 0.1) is 0 Å². The van der Waals surface area contributed by atoms with E-state index in [0.717, 1.165) is 33.4 Å². The summed E-state index contributed by atoms with van der Waals surface area (Å²) in [7, 11) is -1.96. The van der Waals surface area contributed by atoms with Crippen molar-refractivity contribution in [1.29, 1.82) is 0 Å². The first-order valence-electron chi connectivity index (χ1n) is 19.3. The highest BCUT2D eigenvalue weighted by molar-refractivity contribution is 7.41. The molecule has 0 amide bonds. The molecule has 6 aromatic rings. The van der Waals surface area contributed by atoms with Gasteiger partial charge in [0.15, 0.2) is 6.29 Å². The average Bonchev–Trinajstić information content (AvgIpc) is 3.28. The van der Waals surface area contributed by atoms with Gasteiger partial charge in [-0.05, 0) is 33.4 Å². The summed E-state index contributed by atoms with van der Waals surface area (Å²) in [6.45, 7) is 2.10. The smallest absolute Gasteiger partial charge is 0.335 e. The van der Waals surface area contributed by atoms with Crippen molar-refractivity contribution in [3.63, 3.8) is 0 Å². The lowest BCUT2D eigenvalue weighted by Gasteiger charge is -2.46. The van der Waals surface area contributed by atoms with Crippen LogP contribution in [0.25, 0.3) is 0 Å². The summed E-state index contributed by atoms with van der Waals surface area (Å²) in [6.07, 6.45) is -3.60. The van der Waals surface area contributed by atoms with Gasteiger partial charge < -0.3 is 32.7 Å². The van der Waals surface area contributed by atoms with Crippen LogP contribution in [0.2, 0.25) is 0 Å². The molecule has 1 unspecified atom stereocenters. The van der Waals surface area contributed by atoms with Gasteiger partial charge in [-0.2, -0.15) is 0 Å². The van der Waals surface area contributed by atoms with Gasteiger partial charge in [0.05, 0.1) is 46.2 Å². The van der Waals surface area contributed by atoms with E-state index in [9.17, 15) is 0 Å². The topological polar surface area (TPSA) is 73.8 Å². The van der Waals surface area contributed by atoms with E-state index in [1.807, 2.05) is 182 Å². The Kier molecular flexibility index (Phi) is 16.0. The number of rotatable bonds is 21. The maximum atomic E-state index is 6.92. The molecule has 1 saturated heterocycles. The minimum atomic E-state index is -1.96. The summed E-state index contributed by atoms with van der Waals surface area (Å²) in [5.41, 5.74) is 6.07. The summed E-state index contributed by atoms with van der Waals surface area (Å²) < 4.78 is 53.5. The lowest BCUT2D eigenvalue weighted by Crippen LogP contribution is -2.61. The normalized spacial score (nSPS) is 19.4. The van der Waals surface area contributed by atoms with E-state index in [1.165, 1.54) is 0 Å². The Morgan fingerprint density at radius 3 is 1.11 bits per heavy atom. The van der Waals surface area contributed by atoms with Gasteiger partial charge in [-0.25, -0.2) is 0 Å². The molecule has 8 nitrogen and oxygen atoms in total. The number of benzene rings is 6. The van der Waals surface area contributed by atoms with Crippen molar-refractivity contribution in [3.05, 3.63) is 215 Å². The van der Waals surface area contributed by atoms with Gasteiger partial charge in [0.25, 0.3) is 0 Å². The largest absolute Gasteiger partial charge is 0.374 e. The Hall–Kier alpha value is -4.57. The van der Waals surface area contributed by atoms with E-state index in [1.54, 1.807) is 0 Å². The highest BCUT2D eigenvalue weighted by atomic mass is 31.2. The first-order valence-corrected chi connectivity index (χ1v) is 20.4. The van der Waals surface area contributed by atoms with Crippen LogP contribution in [0.5, 0.6) is 0 Å². The van der Waals surface area contributed by atoms with Crippen LogP contribution in [-0.4, -0.2) is 37.3 Å². The SMILES string of the molecule is c1ccc(COC[C@H]2OC(OP(OCc3ccccc3)OCc3ccccc3)[C@@H](OCc3ccccc3)[C@@H](OCc3ccccc3)[C@@H]2OCc2ccccc2)cc1. The van der Waals surface area contributed by atoms with E-state index in [-0.39, 0.29) is 26.4 Å². The minimum Gasteiger partial charge on any atom is -0.374 e. The zero-order chi connectivity index (χ0) is 38.7. The van der Waals surface area contributed by atoms with Crippen LogP contribution < -0.4 is 0 Å². The van der Waals surface area contributed by atoms with Crippen molar-refractivity contribution < 1.29 is 37.3 Å².